The van der Waals surface area contributed by atoms with Crippen LogP contribution in [0.4, 0.5) is 0 Å². The number of hydrogen-bond donors (Lipinski definition) is 0. The van der Waals surface area contributed by atoms with E-state index >= 15 is 0 Å². The lowest BCUT2D eigenvalue weighted by Gasteiger charge is -2.37. The molecule has 2 heterocycles. The number of carbonyl (C=O) groups excluding carboxylic acids is 1. The first-order chi connectivity index (χ1) is 10.9. The number of hydrogen-bond acceptors (Lipinski definition) is 4. The molecule has 2 fully saturated rings. The number of benzene rings is 1. The van der Waals surface area contributed by atoms with Gasteiger partial charge in [-0.3, -0.25) is 9.69 Å². The molecule has 8 heteroatoms. The van der Waals surface area contributed by atoms with E-state index < -0.39 is 9.84 Å². The van der Waals surface area contributed by atoms with Gasteiger partial charge in [0.2, 0.25) is 0 Å². The molecule has 2 aliphatic rings. The summed E-state index contributed by atoms with van der Waals surface area (Å²) in [7, 11) is -2.88. The maximum Gasteiger partial charge on any atom is 0.255 e. The quantitative estimate of drug-likeness (QED) is 0.791. The number of nitrogens with zero attached hydrogens (tertiary/aromatic N) is 2. The third-order valence-corrected chi connectivity index (χ3v) is 6.80. The number of sulfone groups is 1. The fourth-order valence-corrected chi connectivity index (χ4v) is 5.32. The Morgan fingerprint density at radius 2 is 1.83 bits per heavy atom. The molecule has 2 aliphatic heterocycles. The zero-order valence-corrected chi connectivity index (χ0v) is 14.9. The van der Waals surface area contributed by atoms with Gasteiger partial charge in [0.05, 0.1) is 22.1 Å². The third-order valence-electron chi connectivity index (χ3n) is 4.49. The van der Waals surface area contributed by atoms with Gasteiger partial charge in [0, 0.05) is 37.2 Å². The topological polar surface area (TPSA) is 57.7 Å². The molecule has 0 aliphatic carbocycles. The normalized spacial score (nSPS) is 24.8. The second kappa shape index (κ2) is 6.59. The summed E-state index contributed by atoms with van der Waals surface area (Å²) < 4.78 is 23.2. The second-order valence-corrected chi connectivity index (χ2v) is 9.08. The van der Waals surface area contributed by atoms with Crippen molar-refractivity contribution in [3.8, 4) is 0 Å². The average molecular weight is 377 g/mol. The van der Waals surface area contributed by atoms with E-state index in [1.807, 2.05) is 0 Å². The molecule has 0 bridgehead atoms. The van der Waals surface area contributed by atoms with Crippen molar-refractivity contribution in [1.29, 1.82) is 0 Å². The number of halogens is 2. The van der Waals surface area contributed by atoms with E-state index in [9.17, 15) is 13.2 Å². The molecule has 2 saturated heterocycles. The summed E-state index contributed by atoms with van der Waals surface area (Å²) in [6.45, 7) is 2.50. The summed E-state index contributed by atoms with van der Waals surface area (Å²) in [6.07, 6.45) is 0.691. The summed E-state index contributed by atoms with van der Waals surface area (Å²) in [5, 5.41) is 0.872. The summed E-state index contributed by atoms with van der Waals surface area (Å²) >= 11 is 12.0. The molecule has 126 valence electrons. The van der Waals surface area contributed by atoms with Gasteiger partial charge < -0.3 is 4.90 Å². The molecular formula is C15H18Cl2N2O3S. The highest BCUT2D eigenvalue weighted by molar-refractivity contribution is 7.91. The van der Waals surface area contributed by atoms with Crippen LogP contribution in [0, 0.1) is 0 Å². The van der Waals surface area contributed by atoms with Crippen LogP contribution in [-0.2, 0) is 9.84 Å². The number of rotatable bonds is 2. The number of amides is 1. The van der Waals surface area contributed by atoms with Gasteiger partial charge in [0.1, 0.15) is 0 Å². The first-order valence-corrected chi connectivity index (χ1v) is 10.1. The molecule has 1 unspecified atom stereocenters. The molecule has 3 rings (SSSR count). The predicted octanol–water partition coefficient (Wildman–Crippen LogP) is 1.94. The molecule has 0 aromatic heterocycles. The molecule has 0 spiro atoms. The minimum absolute atomic E-state index is 0.0898. The molecule has 1 amide bonds. The van der Waals surface area contributed by atoms with Gasteiger partial charge in [-0.05, 0) is 24.6 Å². The zero-order valence-electron chi connectivity index (χ0n) is 12.5. The Hall–Kier alpha value is -0.820. The van der Waals surface area contributed by atoms with E-state index in [0.717, 1.165) is 0 Å². The van der Waals surface area contributed by atoms with Crippen LogP contribution in [0.5, 0.6) is 0 Å². The van der Waals surface area contributed by atoms with Crippen LogP contribution in [-0.4, -0.2) is 67.9 Å². The maximum absolute atomic E-state index is 12.6. The lowest BCUT2D eigenvalue weighted by molar-refractivity contribution is 0.0588. The predicted molar refractivity (Wildman–Crippen MR) is 91.0 cm³/mol. The SMILES string of the molecule is O=C(c1cc(Cl)ccc1Cl)N1CCN(C2CCS(=O)(=O)C2)CC1. The van der Waals surface area contributed by atoms with Crippen molar-refractivity contribution in [2.45, 2.75) is 12.5 Å². The van der Waals surface area contributed by atoms with Crippen LogP contribution in [0.2, 0.25) is 10.0 Å². The van der Waals surface area contributed by atoms with Gasteiger partial charge in [0.15, 0.2) is 9.84 Å². The van der Waals surface area contributed by atoms with E-state index in [0.29, 0.717) is 48.2 Å². The third kappa shape index (κ3) is 3.82. The Labute approximate surface area is 146 Å². The highest BCUT2D eigenvalue weighted by atomic mass is 35.5. The van der Waals surface area contributed by atoms with E-state index in [-0.39, 0.29) is 23.5 Å². The van der Waals surface area contributed by atoms with Gasteiger partial charge in [-0.15, -0.1) is 0 Å². The van der Waals surface area contributed by atoms with Crippen molar-refractivity contribution in [3.05, 3.63) is 33.8 Å². The lowest BCUT2D eigenvalue weighted by Crippen LogP contribution is -2.52. The van der Waals surface area contributed by atoms with Crippen LogP contribution >= 0.6 is 23.2 Å². The van der Waals surface area contributed by atoms with Gasteiger partial charge in [-0.1, -0.05) is 23.2 Å². The molecule has 5 nitrogen and oxygen atoms in total. The van der Waals surface area contributed by atoms with Crippen LogP contribution in [0.25, 0.3) is 0 Å². The highest BCUT2D eigenvalue weighted by Gasteiger charge is 2.34. The summed E-state index contributed by atoms with van der Waals surface area (Å²) in [6, 6.07) is 4.95. The largest absolute Gasteiger partial charge is 0.336 e. The van der Waals surface area contributed by atoms with Crippen molar-refractivity contribution < 1.29 is 13.2 Å². The molecule has 1 atom stereocenters. The van der Waals surface area contributed by atoms with Gasteiger partial charge in [-0.25, -0.2) is 8.42 Å². The standard InChI is InChI=1S/C15H18Cl2N2O3S/c16-11-1-2-14(17)13(9-11)15(20)19-6-4-18(5-7-19)12-3-8-23(21,22)10-12/h1-2,9,12H,3-8,10H2. The summed E-state index contributed by atoms with van der Waals surface area (Å²) in [5.74, 6) is 0.381. The monoisotopic (exact) mass is 376 g/mol. The Kier molecular flexibility index (Phi) is 4.88. The molecule has 0 saturated carbocycles. The summed E-state index contributed by atoms with van der Waals surface area (Å²) in [4.78, 5) is 16.5. The molecule has 0 radical (unpaired) electrons. The smallest absolute Gasteiger partial charge is 0.255 e. The average Bonchev–Trinajstić information content (AvgIpc) is 2.89. The fourth-order valence-electron chi connectivity index (χ4n) is 3.19. The van der Waals surface area contributed by atoms with Crippen molar-refractivity contribution in [2.24, 2.45) is 0 Å². The van der Waals surface area contributed by atoms with Gasteiger partial charge in [-0.2, -0.15) is 0 Å². The molecule has 1 aromatic carbocycles. The van der Waals surface area contributed by atoms with E-state index in [1.54, 1.807) is 23.1 Å². The minimum atomic E-state index is -2.88. The molecule has 1 aromatic rings. The highest BCUT2D eigenvalue weighted by Crippen LogP contribution is 2.24. The summed E-state index contributed by atoms with van der Waals surface area (Å²) in [5.41, 5.74) is 0.413. The van der Waals surface area contributed by atoms with Crippen LogP contribution in [0.3, 0.4) is 0 Å². The van der Waals surface area contributed by atoms with Crippen LogP contribution < -0.4 is 0 Å². The van der Waals surface area contributed by atoms with E-state index in [2.05, 4.69) is 4.90 Å². The Morgan fingerprint density at radius 1 is 1.13 bits per heavy atom. The Bertz CT molecular complexity index is 715. The van der Waals surface area contributed by atoms with Crippen molar-refractivity contribution in [3.63, 3.8) is 0 Å². The van der Waals surface area contributed by atoms with E-state index in [1.165, 1.54) is 0 Å². The zero-order chi connectivity index (χ0) is 16.6. The van der Waals surface area contributed by atoms with Crippen LogP contribution in [0.1, 0.15) is 16.8 Å². The number of carbonyl (C=O) groups is 1. The van der Waals surface area contributed by atoms with Crippen molar-refractivity contribution >= 4 is 38.9 Å². The van der Waals surface area contributed by atoms with Crippen molar-refractivity contribution in [2.75, 3.05) is 37.7 Å². The van der Waals surface area contributed by atoms with Crippen LogP contribution in [0.15, 0.2) is 18.2 Å². The first kappa shape index (κ1) is 17.0. The molecular weight excluding hydrogens is 359 g/mol. The fraction of sp³-hybridized carbons (Fsp3) is 0.533. The number of piperazine rings is 1. The lowest BCUT2D eigenvalue weighted by atomic mass is 10.1. The Morgan fingerprint density at radius 3 is 2.43 bits per heavy atom. The Balaban J connectivity index is 1.63. The first-order valence-electron chi connectivity index (χ1n) is 7.54. The minimum Gasteiger partial charge on any atom is -0.336 e. The maximum atomic E-state index is 12.6. The van der Waals surface area contributed by atoms with Crippen molar-refractivity contribution in [1.82, 2.24) is 9.80 Å². The van der Waals surface area contributed by atoms with E-state index in [4.69, 9.17) is 23.2 Å². The molecule has 0 N–H and O–H groups in total. The van der Waals surface area contributed by atoms with Gasteiger partial charge >= 0.3 is 0 Å². The molecule has 23 heavy (non-hydrogen) atoms. The second-order valence-electron chi connectivity index (χ2n) is 6.01. The van der Waals surface area contributed by atoms with Gasteiger partial charge in [0.25, 0.3) is 5.91 Å².